The second-order valence-electron chi connectivity index (χ2n) is 5.38. The summed E-state index contributed by atoms with van der Waals surface area (Å²) in [5, 5.41) is 4.22. The van der Waals surface area contributed by atoms with E-state index in [9.17, 15) is 0 Å². The van der Waals surface area contributed by atoms with Gasteiger partial charge in [0.25, 0.3) is 0 Å². The summed E-state index contributed by atoms with van der Waals surface area (Å²) < 4.78 is 5.42. The molecule has 1 saturated carbocycles. The molecule has 0 saturated heterocycles. The van der Waals surface area contributed by atoms with E-state index < -0.39 is 0 Å². The van der Waals surface area contributed by atoms with Crippen molar-refractivity contribution in [1.82, 2.24) is 10.3 Å². The largest absolute Gasteiger partial charge is 0.467 e. The van der Waals surface area contributed by atoms with Crippen LogP contribution in [0.4, 0.5) is 5.82 Å². The molecule has 3 rings (SSSR count). The number of halogens is 1. The molecule has 21 heavy (non-hydrogen) atoms. The highest BCUT2D eigenvalue weighted by Gasteiger charge is 2.20. The smallest absolute Gasteiger partial charge is 0.129 e. The third kappa shape index (κ3) is 3.77. The van der Waals surface area contributed by atoms with Gasteiger partial charge in [0, 0.05) is 25.3 Å². The average Bonchev–Trinajstić information content (AvgIpc) is 3.19. The Morgan fingerprint density at radius 2 is 2.33 bits per heavy atom. The van der Waals surface area contributed by atoms with Gasteiger partial charge in [0.05, 0.1) is 17.8 Å². The van der Waals surface area contributed by atoms with Gasteiger partial charge >= 0.3 is 0 Å². The first-order valence-corrected chi connectivity index (χ1v) is 7.79. The highest BCUT2D eigenvalue weighted by molar-refractivity contribution is 6.31. The molecular formula is C16H20ClN3O. The maximum absolute atomic E-state index is 6.25. The lowest BCUT2D eigenvalue weighted by molar-refractivity contribution is 0.503. The first-order chi connectivity index (χ1) is 10.3. The molecule has 0 atom stereocenters. The number of rotatable bonds is 7. The Balaban J connectivity index is 1.73. The molecule has 0 aliphatic heterocycles. The fraction of sp³-hybridized carbons (Fsp3) is 0.438. The van der Waals surface area contributed by atoms with Gasteiger partial charge < -0.3 is 14.6 Å². The molecule has 0 bridgehead atoms. The van der Waals surface area contributed by atoms with E-state index in [0.29, 0.717) is 12.6 Å². The van der Waals surface area contributed by atoms with E-state index in [-0.39, 0.29) is 0 Å². The van der Waals surface area contributed by atoms with Crippen molar-refractivity contribution in [3.05, 3.63) is 47.0 Å². The van der Waals surface area contributed by atoms with Gasteiger partial charge in [-0.1, -0.05) is 11.6 Å². The predicted molar refractivity (Wildman–Crippen MR) is 84.5 cm³/mol. The Morgan fingerprint density at radius 1 is 1.48 bits per heavy atom. The van der Waals surface area contributed by atoms with Crippen LogP contribution in [0.3, 0.4) is 0 Å². The zero-order valence-electron chi connectivity index (χ0n) is 12.2. The molecule has 1 aliphatic rings. The summed E-state index contributed by atoms with van der Waals surface area (Å²) in [4.78, 5) is 6.63. The van der Waals surface area contributed by atoms with E-state index in [0.717, 1.165) is 35.3 Å². The van der Waals surface area contributed by atoms with Crippen molar-refractivity contribution < 1.29 is 4.42 Å². The van der Waals surface area contributed by atoms with Gasteiger partial charge in [-0.25, -0.2) is 4.98 Å². The van der Waals surface area contributed by atoms with E-state index in [1.165, 1.54) is 12.8 Å². The highest BCUT2D eigenvalue weighted by Crippen LogP contribution is 2.24. The maximum atomic E-state index is 6.25. The summed E-state index contributed by atoms with van der Waals surface area (Å²) in [6, 6.07) is 6.63. The van der Waals surface area contributed by atoms with Crippen LogP contribution in [0, 0.1) is 0 Å². The molecule has 1 aliphatic carbocycles. The van der Waals surface area contributed by atoms with Crippen molar-refractivity contribution in [3.8, 4) is 0 Å². The van der Waals surface area contributed by atoms with E-state index in [1.54, 1.807) is 12.5 Å². The summed E-state index contributed by atoms with van der Waals surface area (Å²) in [6.45, 7) is 4.50. The normalized spacial score (nSPS) is 14.4. The van der Waals surface area contributed by atoms with Crippen LogP contribution in [0.1, 0.15) is 31.1 Å². The molecule has 2 aromatic rings. The van der Waals surface area contributed by atoms with Crippen LogP contribution in [0.25, 0.3) is 0 Å². The van der Waals surface area contributed by atoms with Crippen molar-refractivity contribution in [1.29, 1.82) is 0 Å². The lowest BCUT2D eigenvalue weighted by atomic mass is 10.2. The van der Waals surface area contributed by atoms with Crippen LogP contribution >= 0.6 is 11.6 Å². The number of aromatic nitrogens is 1. The van der Waals surface area contributed by atoms with Gasteiger partial charge in [-0.3, -0.25) is 0 Å². The Kier molecular flexibility index (Phi) is 4.46. The molecule has 0 spiro atoms. The van der Waals surface area contributed by atoms with Gasteiger partial charge in [0.15, 0.2) is 0 Å². The zero-order valence-corrected chi connectivity index (χ0v) is 12.9. The zero-order chi connectivity index (χ0) is 14.7. The molecule has 1 fully saturated rings. The van der Waals surface area contributed by atoms with E-state index >= 15 is 0 Å². The molecule has 2 aromatic heterocycles. The first-order valence-electron chi connectivity index (χ1n) is 7.41. The number of nitrogens with zero attached hydrogens (tertiary/aromatic N) is 2. The monoisotopic (exact) mass is 305 g/mol. The number of nitrogens with one attached hydrogen (secondary N) is 1. The van der Waals surface area contributed by atoms with E-state index in [1.807, 2.05) is 12.1 Å². The number of anilines is 1. The van der Waals surface area contributed by atoms with Gasteiger partial charge in [0.1, 0.15) is 11.6 Å². The summed E-state index contributed by atoms with van der Waals surface area (Å²) >= 11 is 6.25. The van der Waals surface area contributed by atoms with Crippen molar-refractivity contribution in [3.63, 3.8) is 0 Å². The number of furan rings is 1. The van der Waals surface area contributed by atoms with Crippen LogP contribution in [-0.4, -0.2) is 17.6 Å². The lowest BCUT2D eigenvalue weighted by Gasteiger charge is -2.21. The van der Waals surface area contributed by atoms with Gasteiger partial charge in [-0.15, -0.1) is 0 Å². The summed E-state index contributed by atoms with van der Waals surface area (Å²) in [7, 11) is 0. The molecule has 112 valence electrons. The molecule has 0 unspecified atom stereocenters. The van der Waals surface area contributed by atoms with Gasteiger partial charge in [0.2, 0.25) is 0 Å². The SMILES string of the molecule is CCN(Cc1ccco1)c1cc(CNC2CC2)c(Cl)cn1. The maximum Gasteiger partial charge on any atom is 0.129 e. The highest BCUT2D eigenvalue weighted by atomic mass is 35.5. The number of pyridine rings is 1. The Hall–Kier alpha value is -1.52. The van der Waals surface area contributed by atoms with Crippen LogP contribution in [0.5, 0.6) is 0 Å². The molecule has 2 heterocycles. The first kappa shape index (κ1) is 14.4. The van der Waals surface area contributed by atoms with Crippen molar-refractivity contribution >= 4 is 17.4 Å². The molecule has 5 heteroatoms. The van der Waals surface area contributed by atoms with E-state index in [2.05, 4.69) is 28.2 Å². The minimum absolute atomic E-state index is 0.670. The predicted octanol–water partition coefficient (Wildman–Crippen LogP) is 3.61. The minimum atomic E-state index is 0.670. The van der Waals surface area contributed by atoms with Crippen LogP contribution in [-0.2, 0) is 13.1 Å². The standard InChI is InChI=1S/C16H20ClN3O/c1-2-20(11-14-4-3-7-21-14)16-8-12(15(17)10-19-16)9-18-13-5-6-13/h3-4,7-8,10,13,18H,2,5-6,9,11H2,1H3. The third-order valence-electron chi connectivity index (χ3n) is 3.71. The van der Waals surface area contributed by atoms with Crippen molar-refractivity contribution in [2.45, 2.75) is 38.9 Å². The van der Waals surface area contributed by atoms with Crippen LogP contribution in [0.2, 0.25) is 5.02 Å². The molecule has 0 radical (unpaired) electrons. The Labute approximate surface area is 130 Å². The molecule has 4 nitrogen and oxygen atoms in total. The second kappa shape index (κ2) is 6.50. The fourth-order valence-electron chi connectivity index (χ4n) is 2.26. The number of hydrogen-bond acceptors (Lipinski definition) is 4. The average molecular weight is 306 g/mol. The van der Waals surface area contributed by atoms with Crippen molar-refractivity contribution in [2.24, 2.45) is 0 Å². The van der Waals surface area contributed by atoms with Crippen LogP contribution < -0.4 is 10.2 Å². The molecule has 1 N–H and O–H groups in total. The Bertz CT molecular complexity index is 581. The fourth-order valence-corrected chi connectivity index (χ4v) is 2.43. The molecule has 0 aromatic carbocycles. The second-order valence-corrected chi connectivity index (χ2v) is 5.79. The summed E-state index contributed by atoms with van der Waals surface area (Å²) in [6.07, 6.45) is 5.99. The summed E-state index contributed by atoms with van der Waals surface area (Å²) in [5.74, 6) is 1.87. The topological polar surface area (TPSA) is 41.3 Å². The Morgan fingerprint density at radius 3 is 3.00 bits per heavy atom. The molecule has 0 amide bonds. The van der Waals surface area contributed by atoms with Crippen LogP contribution in [0.15, 0.2) is 35.1 Å². The van der Waals surface area contributed by atoms with Gasteiger partial charge in [-0.05, 0) is 43.5 Å². The van der Waals surface area contributed by atoms with E-state index in [4.69, 9.17) is 16.0 Å². The molecular weight excluding hydrogens is 286 g/mol. The van der Waals surface area contributed by atoms with Crippen molar-refractivity contribution in [2.75, 3.05) is 11.4 Å². The third-order valence-corrected chi connectivity index (χ3v) is 4.05. The summed E-state index contributed by atoms with van der Waals surface area (Å²) in [5.41, 5.74) is 1.10. The van der Waals surface area contributed by atoms with Gasteiger partial charge in [-0.2, -0.15) is 0 Å². The minimum Gasteiger partial charge on any atom is -0.467 e. The quantitative estimate of drug-likeness (QED) is 0.848. The lowest BCUT2D eigenvalue weighted by Crippen LogP contribution is -2.23. The number of hydrogen-bond donors (Lipinski definition) is 1.